The van der Waals surface area contributed by atoms with Gasteiger partial charge in [0, 0.05) is 20.3 Å². The zero-order chi connectivity index (χ0) is 15.5. The number of aromatic hydroxyl groups is 1. The minimum atomic E-state index is -0.719. The summed E-state index contributed by atoms with van der Waals surface area (Å²) in [4.78, 5) is 11.7. The molecule has 6 heteroatoms. The number of methoxy groups -OCH3 is 1. The van der Waals surface area contributed by atoms with Crippen molar-refractivity contribution in [3.05, 3.63) is 29.8 Å². The predicted molar refractivity (Wildman–Crippen MR) is 78.1 cm³/mol. The molecule has 0 radical (unpaired) electrons. The number of ether oxygens (including phenoxy) is 3. The third-order valence-corrected chi connectivity index (χ3v) is 2.80. The van der Waals surface area contributed by atoms with Crippen LogP contribution < -0.4 is 5.73 Å². The highest BCUT2D eigenvalue weighted by molar-refractivity contribution is 5.75. The first-order valence-corrected chi connectivity index (χ1v) is 6.90. The maximum absolute atomic E-state index is 11.7. The van der Waals surface area contributed by atoms with Crippen LogP contribution in [0.5, 0.6) is 5.75 Å². The van der Waals surface area contributed by atoms with E-state index in [1.165, 1.54) is 0 Å². The number of rotatable bonds is 10. The quantitative estimate of drug-likeness (QED) is 0.491. The molecule has 0 spiro atoms. The Bertz CT molecular complexity index is 407. The first-order valence-electron chi connectivity index (χ1n) is 6.90. The monoisotopic (exact) mass is 297 g/mol. The minimum Gasteiger partial charge on any atom is -0.508 e. The molecule has 1 atom stereocenters. The molecule has 0 saturated carbocycles. The SMILES string of the molecule is COCCCOCCOC(=O)C(N)Cc1ccc(O)cc1. The molecule has 118 valence electrons. The second-order valence-corrected chi connectivity index (χ2v) is 4.60. The Morgan fingerprint density at radius 1 is 1.19 bits per heavy atom. The van der Waals surface area contributed by atoms with Crippen molar-refractivity contribution in [2.24, 2.45) is 5.73 Å². The van der Waals surface area contributed by atoms with Gasteiger partial charge < -0.3 is 25.1 Å². The fraction of sp³-hybridized carbons (Fsp3) is 0.533. The summed E-state index contributed by atoms with van der Waals surface area (Å²) >= 11 is 0. The number of hydrogen-bond donors (Lipinski definition) is 2. The van der Waals surface area contributed by atoms with Crippen molar-refractivity contribution in [1.29, 1.82) is 0 Å². The van der Waals surface area contributed by atoms with Gasteiger partial charge in [-0.1, -0.05) is 12.1 Å². The van der Waals surface area contributed by atoms with E-state index in [2.05, 4.69) is 0 Å². The molecule has 3 N–H and O–H groups in total. The van der Waals surface area contributed by atoms with Crippen LogP contribution in [0.1, 0.15) is 12.0 Å². The van der Waals surface area contributed by atoms with Crippen LogP contribution in [0.2, 0.25) is 0 Å². The molecule has 0 aliphatic rings. The van der Waals surface area contributed by atoms with E-state index in [4.69, 9.17) is 19.9 Å². The van der Waals surface area contributed by atoms with E-state index in [1.807, 2.05) is 0 Å². The van der Waals surface area contributed by atoms with Crippen molar-refractivity contribution >= 4 is 5.97 Å². The van der Waals surface area contributed by atoms with Crippen LogP contribution in [0.3, 0.4) is 0 Å². The van der Waals surface area contributed by atoms with Crippen LogP contribution >= 0.6 is 0 Å². The van der Waals surface area contributed by atoms with E-state index in [1.54, 1.807) is 31.4 Å². The fourth-order valence-corrected chi connectivity index (χ4v) is 1.68. The highest BCUT2D eigenvalue weighted by Crippen LogP contribution is 2.11. The molecule has 0 aliphatic carbocycles. The molecule has 1 aromatic rings. The van der Waals surface area contributed by atoms with Crippen molar-refractivity contribution in [1.82, 2.24) is 0 Å². The third-order valence-electron chi connectivity index (χ3n) is 2.80. The molecule has 0 saturated heterocycles. The number of carbonyl (C=O) groups is 1. The van der Waals surface area contributed by atoms with E-state index in [0.717, 1.165) is 12.0 Å². The Morgan fingerprint density at radius 3 is 2.57 bits per heavy atom. The van der Waals surface area contributed by atoms with Crippen LogP contribution in [0, 0.1) is 0 Å². The molecule has 1 unspecified atom stereocenters. The van der Waals surface area contributed by atoms with Crippen molar-refractivity contribution < 1.29 is 24.1 Å². The molecule has 0 aromatic heterocycles. The third kappa shape index (κ3) is 7.65. The summed E-state index contributed by atoms with van der Waals surface area (Å²) in [6, 6.07) is 5.84. The zero-order valence-electron chi connectivity index (χ0n) is 12.3. The first-order chi connectivity index (χ1) is 10.1. The Kier molecular flexibility index (Phi) is 8.42. The molecule has 6 nitrogen and oxygen atoms in total. The number of phenolic OH excluding ortho intramolecular Hbond substituents is 1. The van der Waals surface area contributed by atoms with E-state index in [-0.39, 0.29) is 12.4 Å². The first kappa shape index (κ1) is 17.4. The number of esters is 1. The molecule has 0 fully saturated rings. The van der Waals surface area contributed by atoms with Gasteiger partial charge in [0.25, 0.3) is 0 Å². The van der Waals surface area contributed by atoms with E-state index in [0.29, 0.717) is 26.2 Å². The summed E-state index contributed by atoms with van der Waals surface area (Å²) < 4.78 is 15.2. The van der Waals surface area contributed by atoms with Gasteiger partial charge in [-0.05, 0) is 30.5 Å². The van der Waals surface area contributed by atoms with Crippen LogP contribution in [-0.2, 0) is 25.4 Å². The van der Waals surface area contributed by atoms with Gasteiger partial charge in [-0.25, -0.2) is 0 Å². The summed E-state index contributed by atoms with van der Waals surface area (Å²) in [5.74, 6) is -0.274. The lowest BCUT2D eigenvalue weighted by Gasteiger charge is -2.12. The highest BCUT2D eigenvalue weighted by Gasteiger charge is 2.15. The molecular formula is C15H23NO5. The van der Waals surface area contributed by atoms with Crippen LogP contribution in [0.15, 0.2) is 24.3 Å². The van der Waals surface area contributed by atoms with Crippen LogP contribution in [0.4, 0.5) is 0 Å². The Labute approximate surface area is 124 Å². The molecule has 0 heterocycles. The summed E-state index contributed by atoms with van der Waals surface area (Å²) in [5, 5.41) is 9.18. The highest BCUT2D eigenvalue weighted by atomic mass is 16.6. The normalized spacial score (nSPS) is 12.1. The average molecular weight is 297 g/mol. The molecule has 0 amide bonds. The maximum atomic E-state index is 11.7. The van der Waals surface area contributed by atoms with Gasteiger partial charge in [0.1, 0.15) is 18.4 Å². The number of nitrogens with two attached hydrogens (primary N) is 1. The standard InChI is InChI=1S/C15H23NO5/c1-19-7-2-8-20-9-10-21-15(18)14(16)11-12-3-5-13(17)6-4-12/h3-6,14,17H,2,7-11,16H2,1H3. The molecule has 1 aromatic carbocycles. The molecule has 1 rings (SSSR count). The predicted octanol–water partition coefficient (Wildman–Crippen LogP) is 0.858. The number of carbonyl (C=O) groups excluding carboxylic acids is 1. The molecule has 0 bridgehead atoms. The van der Waals surface area contributed by atoms with Gasteiger partial charge in [0.05, 0.1) is 6.61 Å². The van der Waals surface area contributed by atoms with E-state index < -0.39 is 12.0 Å². The smallest absolute Gasteiger partial charge is 0.323 e. The van der Waals surface area contributed by atoms with Gasteiger partial charge in [0.2, 0.25) is 0 Å². The van der Waals surface area contributed by atoms with Gasteiger partial charge in [-0.2, -0.15) is 0 Å². The molecule has 0 aliphatic heterocycles. The number of hydrogen-bond acceptors (Lipinski definition) is 6. The summed E-state index contributed by atoms with van der Waals surface area (Å²) in [5.41, 5.74) is 6.64. The zero-order valence-corrected chi connectivity index (χ0v) is 12.3. The summed E-state index contributed by atoms with van der Waals surface area (Å²) in [6.45, 7) is 1.76. The minimum absolute atomic E-state index is 0.181. The van der Waals surface area contributed by atoms with Crippen LogP contribution in [-0.4, -0.2) is 50.7 Å². The second-order valence-electron chi connectivity index (χ2n) is 4.60. The maximum Gasteiger partial charge on any atom is 0.323 e. The van der Waals surface area contributed by atoms with Crippen molar-refractivity contribution in [2.45, 2.75) is 18.9 Å². The lowest BCUT2D eigenvalue weighted by molar-refractivity contribution is -0.146. The summed E-state index contributed by atoms with van der Waals surface area (Å²) in [7, 11) is 1.64. The molecule has 21 heavy (non-hydrogen) atoms. The van der Waals surface area contributed by atoms with Gasteiger partial charge in [-0.15, -0.1) is 0 Å². The topological polar surface area (TPSA) is 91.0 Å². The lowest BCUT2D eigenvalue weighted by Crippen LogP contribution is -2.35. The van der Waals surface area contributed by atoms with Crippen molar-refractivity contribution in [2.75, 3.05) is 33.5 Å². The Morgan fingerprint density at radius 2 is 1.90 bits per heavy atom. The largest absolute Gasteiger partial charge is 0.508 e. The van der Waals surface area contributed by atoms with Crippen molar-refractivity contribution in [3.8, 4) is 5.75 Å². The average Bonchev–Trinajstić information content (AvgIpc) is 2.48. The number of benzene rings is 1. The van der Waals surface area contributed by atoms with Crippen LogP contribution in [0.25, 0.3) is 0 Å². The Balaban J connectivity index is 2.15. The fourth-order valence-electron chi connectivity index (χ4n) is 1.68. The van der Waals surface area contributed by atoms with Gasteiger partial charge in [0.15, 0.2) is 0 Å². The van der Waals surface area contributed by atoms with Gasteiger partial charge in [-0.3, -0.25) is 4.79 Å². The molecular weight excluding hydrogens is 274 g/mol. The van der Waals surface area contributed by atoms with Gasteiger partial charge >= 0.3 is 5.97 Å². The summed E-state index contributed by atoms with van der Waals surface area (Å²) in [6.07, 6.45) is 1.18. The van der Waals surface area contributed by atoms with Crippen molar-refractivity contribution in [3.63, 3.8) is 0 Å². The second kappa shape index (κ2) is 10.1. The Hall–Kier alpha value is -1.63. The lowest BCUT2D eigenvalue weighted by atomic mass is 10.1. The number of phenols is 1. The van der Waals surface area contributed by atoms with E-state index in [9.17, 15) is 9.90 Å². The van der Waals surface area contributed by atoms with E-state index >= 15 is 0 Å².